The number of likely N-dealkylation sites (N-methyl/N-ethyl adjacent to an activating group) is 1. The Kier molecular flexibility index (Phi) is 3.99. The molecule has 110 valence electrons. The fourth-order valence-electron chi connectivity index (χ4n) is 1.85. The van der Waals surface area contributed by atoms with E-state index in [1.165, 1.54) is 0 Å². The summed E-state index contributed by atoms with van der Waals surface area (Å²) in [6.45, 7) is 9.55. The van der Waals surface area contributed by atoms with Crippen LogP contribution in [0.15, 0.2) is 18.5 Å². The maximum atomic E-state index is 4.63. The number of rotatable bonds is 4. The Balaban J connectivity index is 2.28. The number of hydrogen-bond acceptors (Lipinski definition) is 4. The Bertz CT molecular complexity index is 579. The van der Waals surface area contributed by atoms with Crippen LogP contribution in [-0.2, 0) is 5.41 Å². The molecule has 0 saturated heterocycles. The SMILES string of the molecule is CC(CNc1nccn2nc(C(C)(C)C)cc12)N(C)C. The summed E-state index contributed by atoms with van der Waals surface area (Å²) in [5.74, 6) is 0.893. The van der Waals surface area contributed by atoms with Gasteiger partial charge >= 0.3 is 0 Å². The highest BCUT2D eigenvalue weighted by molar-refractivity contribution is 5.68. The zero-order chi connectivity index (χ0) is 14.9. The molecule has 1 atom stereocenters. The van der Waals surface area contributed by atoms with Gasteiger partial charge in [-0.15, -0.1) is 0 Å². The molecule has 2 rings (SSSR count). The third-order valence-electron chi connectivity index (χ3n) is 3.60. The maximum absolute atomic E-state index is 4.63. The number of aromatic nitrogens is 3. The minimum atomic E-state index is 0.0419. The van der Waals surface area contributed by atoms with Gasteiger partial charge in [-0.1, -0.05) is 20.8 Å². The summed E-state index contributed by atoms with van der Waals surface area (Å²) in [4.78, 5) is 6.63. The molecule has 5 nitrogen and oxygen atoms in total. The molecule has 0 saturated carbocycles. The number of fused-ring (bicyclic) bond motifs is 1. The van der Waals surface area contributed by atoms with Crippen LogP contribution in [-0.4, -0.2) is 46.2 Å². The third-order valence-corrected chi connectivity index (χ3v) is 3.60. The Labute approximate surface area is 121 Å². The van der Waals surface area contributed by atoms with E-state index in [1.54, 1.807) is 6.20 Å². The molecule has 5 heteroatoms. The average Bonchev–Trinajstić information content (AvgIpc) is 2.79. The van der Waals surface area contributed by atoms with Crippen molar-refractivity contribution < 1.29 is 0 Å². The van der Waals surface area contributed by atoms with E-state index in [4.69, 9.17) is 0 Å². The van der Waals surface area contributed by atoms with Crippen molar-refractivity contribution in [2.75, 3.05) is 26.0 Å². The summed E-state index contributed by atoms with van der Waals surface area (Å²) in [5.41, 5.74) is 2.15. The van der Waals surface area contributed by atoms with Crippen molar-refractivity contribution in [3.63, 3.8) is 0 Å². The van der Waals surface area contributed by atoms with Gasteiger partial charge in [0.2, 0.25) is 0 Å². The van der Waals surface area contributed by atoms with Crippen LogP contribution in [0.25, 0.3) is 5.52 Å². The number of anilines is 1. The Morgan fingerprint density at radius 2 is 2.05 bits per heavy atom. The molecule has 0 fully saturated rings. The van der Waals surface area contributed by atoms with Crippen LogP contribution in [0.3, 0.4) is 0 Å². The van der Waals surface area contributed by atoms with Crippen molar-refractivity contribution in [3.8, 4) is 0 Å². The van der Waals surface area contributed by atoms with Crippen molar-refractivity contribution in [2.45, 2.75) is 39.2 Å². The molecule has 0 bridgehead atoms. The molecule has 0 amide bonds. The lowest BCUT2D eigenvalue weighted by Crippen LogP contribution is -2.31. The van der Waals surface area contributed by atoms with Gasteiger partial charge in [0.15, 0.2) is 5.82 Å². The molecule has 1 N–H and O–H groups in total. The van der Waals surface area contributed by atoms with Gasteiger partial charge in [0.05, 0.1) is 5.69 Å². The third kappa shape index (κ3) is 3.10. The molecule has 0 radical (unpaired) electrons. The smallest absolute Gasteiger partial charge is 0.152 e. The van der Waals surface area contributed by atoms with Crippen LogP contribution in [0.1, 0.15) is 33.4 Å². The predicted molar refractivity (Wildman–Crippen MR) is 83.3 cm³/mol. The summed E-state index contributed by atoms with van der Waals surface area (Å²) in [7, 11) is 4.16. The molecule has 0 aliphatic rings. The molecule has 20 heavy (non-hydrogen) atoms. The van der Waals surface area contributed by atoms with E-state index in [9.17, 15) is 0 Å². The van der Waals surface area contributed by atoms with Crippen molar-refractivity contribution in [1.29, 1.82) is 0 Å². The minimum Gasteiger partial charge on any atom is -0.367 e. The summed E-state index contributed by atoms with van der Waals surface area (Å²) in [5, 5.41) is 8.05. The summed E-state index contributed by atoms with van der Waals surface area (Å²) < 4.78 is 1.90. The van der Waals surface area contributed by atoms with Crippen LogP contribution in [0.2, 0.25) is 0 Å². The van der Waals surface area contributed by atoms with Crippen LogP contribution in [0, 0.1) is 0 Å². The predicted octanol–water partition coefficient (Wildman–Crippen LogP) is 2.39. The molecule has 2 aromatic rings. The lowest BCUT2D eigenvalue weighted by atomic mass is 9.92. The van der Waals surface area contributed by atoms with Crippen molar-refractivity contribution in [3.05, 3.63) is 24.2 Å². The average molecular weight is 275 g/mol. The van der Waals surface area contributed by atoms with Crippen LogP contribution in [0.4, 0.5) is 5.82 Å². The Morgan fingerprint density at radius 1 is 1.35 bits per heavy atom. The molecule has 1 unspecified atom stereocenters. The second-order valence-corrected chi connectivity index (χ2v) is 6.58. The monoisotopic (exact) mass is 275 g/mol. The highest BCUT2D eigenvalue weighted by atomic mass is 15.2. The largest absolute Gasteiger partial charge is 0.367 e. The molecule has 0 spiro atoms. The van der Waals surface area contributed by atoms with E-state index in [1.807, 2.05) is 10.7 Å². The number of nitrogens with zero attached hydrogens (tertiary/aromatic N) is 4. The first-order valence-corrected chi connectivity index (χ1v) is 7.04. The zero-order valence-corrected chi connectivity index (χ0v) is 13.3. The van der Waals surface area contributed by atoms with Gasteiger partial charge in [-0.05, 0) is 27.1 Å². The molecular formula is C15H25N5. The number of nitrogens with one attached hydrogen (secondary N) is 1. The van der Waals surface area contributed by atoms with E-state index < -0.39 is 0 Å². The van der Waals surface area contributed by atoms with Gasteiger partial charge in [0.1, 0.15) is 5.52 Å². The van der Waals surface area contributed by atoms with E-state index in [0.717, 1.165) is 23.6 Å². The highest BCUT2D eigenvalue weighted by Gasteiger charge is 2.19. The molecule has 2 aromatic heterocycles. The van der Waals surface area contributed by atoms with Crippen molar-refractivity contribution >= 4 is 11.3 Å². The first-order chi connectivity index (χ1) is 9.29. The van der Waals surface area contributed by atoms with E-state index in [2.05, 4.69) is 68.2 Å². The molecule has 2 heterocycles. The first-order valence-electron chi connectivity index (χ1n) is 7.04. The van der Waals surface area contributed by atoms with E-state index in [-0.39, 0.29) is 5.41 Å². The van der Waals surface area contributed by atoms with Crippen LogP contribution < -0.4 is 5.32 Å². The molecular weight excluding hydrogens is 250 g/mol. The Morgan fingerprint density at radius 3 is 2.65 bits per heavy atom. The van der Waals surface area contributed by atoms with Gasteiger partial charge in [0.25, 0.3) is 0 Å². The maximum Gasteiger partial charge on any atom is 0.152 e. The van der Waals surface area contributed by atoms with Crippen molar-refractivity contribution in [1.82, 2.24) is 19.5 Å². The lowest BCUT2D eigenvalue weighted by molar-refractivity contribution is 0.326. The minimum absolute atomic E-state index is 0.0419. The Hall–Kier alpha value is -1.62. The molecule has 0 aliphatic carbocycles. The van der Waals surface area contributed by atoms with E-state index >= 15 is 0 Å². The fourth-order valence-corrected chi connectivity index (χ4v) is 1.85. The van der Waals surface area contributed by atoms with Gasteiger partial charge in [-0.25, -0.2) is 9.50 Å². The van der Waals surface area contributed by atoms with Gasteiger partial charge in [-0.3, -0.25) is 0 Å². The highest BCUT2D eigenvalue weighted by Crippen LogP contribution is 2.24. The summed E-state index contributed by atoms with van der Waals surface area (Å²) >= 11 is 0. The fraction of sp³-hybridized carbons (Fsp3) is 0.600. The van der Waals surface area contributed by atoms with E-state index in [0.29, 0.717) is 6.04 Å². The lowest BCUT2D eigenvalue weighted by Gasteiger charge is -2.20. The van der Waals surface area contributed by atoms with Gasteiger partial charge in [-0.2, -0.15) is 5.10 Å². The summed E-state index contributed by atoms with van der Waals surface area (Å²) in [6, 6.07) is 2.57. The van der Waals surface area contributed by atoms with Crippen LogP contribution in [0.5, 0.6) is 0 Å². The number of hydrogen-bond donors (Lipinski definition) is 1. The second-order valence-electron chi connectivity index (χ2n) is 6.58. The van der Waals surface area contributed by atoms with Gasteiger partial charge in [0, 0.05) is 30.4 Å². The van der Waals surface area contributed by atoms with Crippen molar-refractivity contribution in [2.24, 2.45) is 0 Å². The molecule has 0 aliphatic heterocycles. The molecule has 0 aromatic carbocycles. The first kappa shape index (κ1) is 14.8. The quantitative estimate of drug-likeness (QED) is 0.930. The normalized spacial score (nSPS) is 13.9. The topological polar surface area (TPSA) is 45.5 Å². The zero-order valence-electron chi connectivity index (χ0n) is 13.3. The van der Waals surface area contributed by atoms with Crippen LogP contribution >= 0.6 is 0 Å². The van der Waals surface area contributed by atoms with Gasteiger partial charge < -0.3 is 10.2 Å². The second kappa shape index (κ2) is 5.40. The standard InChI is InChI=1S/C15H25N5/c1-11(19(5)6)10-17-14-12-9-13(15(2,3)4)18-20(12)8-7-16-14/h7-9,11H,10H2,1-6H3,(H,16,17). The summed E-state index contributed by atoms with van der Waals surface area (Å²) in [6.07, 6.45) is 3.68.